The molecule has 5 heteroatoms. The number of rotatable bonds is 3. The molecule has 22 heavy (non-hydrogen) atoms. The van der Waals surface area contributed by atoms with E-state index in [2.05, 4.69) is 0 Å². The van der Waals surface area contributed by atoms with Gasteiger partial charge < -0.3 is 9.80 Å². The molecule has 0 bridgehead atoms. The van der Waals surface area contributed by atoms with Crippen molar-refractivity contribution in [2.45, 2.75) is 39.5 Å². The molecular weight excluding hydrogens is 300 g/mol. The van der Waals surface area contributed by atoms with Crippen molar-refractivity contribution in [2.75, 3.05) is 24.5 Å². The zero-order valence-corrected chi connectivity index (χ0v) is 14.0. The van der Waals surface area contributed by atoms with E-state index in [-0.39, 0.29) is 18.4 Å². The van der Waals surface area contributed by atoms with Crippen LogP contribution < -0.4 is 4.90 Å². The molecule has 1 fully saturated rings. The molecule has 1 aromatic carbocycles. The highest BCUT2D eigenvalue weighted by molar-refractivity contribution is 6.31. The van der Waals surface area contributed by atoms with Crippen LogP contribution in [0.4, 0.5) is 5.69 Å². The standard InChI is InChI=1S/C17H23ClN2O2/c1-13-15(18)8-7-9-16(13)20(14(2)21)12-17(22)19-10-5-3-4-6-11-19/h7-9H,3-6,10-12H2,1-2H3. The minimum absolute atomic E-state index is 0.0106. The number of halogens is 1. The number of likely N-dealkylation sites (tertiary alicyclic amines) is 1. The first-order chi connectivity index (χ1) is 10.5. The minimum atomic E-state index is -0.145. The van der Waals surface area contributed by atoms with Crippen LogP contribution in [0.2, 0.25) is 5.02 Å². The maximum atomic E-state index is 12.5. The number of nitrogens with zero attached hydrogens (tertiary/aromatic N) is 2. The third-order valence-corrected chi connectivity index (χ3v) is 4.57. The molecule has 2 amide bonds. The quantitative estimate of drug-likeness (QED) is 0.855. The van der Waals surface area contributed by atoms with Crippen molar-refractivity contribution in [3.63, 3.8) is 0 Å². The van der Waals surface area contributed by atoms with E-state index >= 15 is 0 Å². The van der Waals surface area contributed by atoms with E-state index in [1.165, 1.54) is 24.7 Å². The van der Waals surface area contributed by atoms with Crippen LogP contribution in [0, 0.1) is 6.92 Å². The van der Waals surface area contributed by atoms with Crippen LogP contribution in [0.1, 0.15) is 38.2 Å². The van der Waals surface area contributed by atoms with Crippen LogP contribution >= 0.6 is 11.6 Å². The van der Waals surface area contributed by atoms with E-state index in [4.69, 9.17) is 11.6 Å². The first-order valence-corrected chi connectivity index (χ1v) is 8.19. The van der Waals surface area contributed by atoms with E-state index < -0.39 is 0 Å². The van der Waals surface area contributed by atoms with E-state index in [9.17, 15) is 9.59 Å². The smallest absolute Gasteiger partial charge is 0.242 e. The fraction of sp³-hybridized carbons (Fsp3) is 0.529. The summed E-state index contributed by atoms with van der Waals surface area (Å²) >= 11 is 6.14. The average molecular weight is 323 g/mol. The number of benzene rings is 1. The van der Waals surface area contributed by atoms with Crippen molar-refractivity contribution in [1.29, 1.82) is 0 Å². The van der Waals surface area contributed by atoms with Crippen LogP contribution in [0.3, 0.4) is 0 Å². The van der Waals surface area contributed by atoms with E-state index in [0.717, 1.165) is 31.5 Å². The molecule has 4 nitrogen and oxygen atoms in total. The molecular formula is C17H23ClN2O2. The number of anilines is 1. The van der Waals surface area contributed by atoms with Crippen molar-refractivity contribution < 1.29 is 9.59 Å². The van der Waals surface area contributed by atoms with Crippen LogP contribution in [0.5, 0.6) is 0 Å². The maximum absolute atomic E-state index is 12.5. The largest absolute Gasteiger partial charge is 0.341 e. The highest BCUT2D eigenvalue weighted by Crippen LogP contribution is 2.26. The molecule has 0 radical (unpaired) electrons. The van der Waals surface area contributed by atoms with Gasteiger partial charge >= 0.3 is 0 Å². The predicted octanol–water partition coefficient (Wildman–Crippen LogP) is 3.40. The molecule has 1 aliphatic rings. The molecule has 1 heterocycles. The summed E-state index contributed by atoms with van der Waals surface area (Å²) in [4.78, 5) is 27.9. The van der Waals surface area contributed by atoms with Gasteiger partial charge in [0.25, 0.3) is 0 Å². The molecule has 0 unspecified atom stereocenters. The SMILES string of the molecule is CC(=O)N(CC(=O)N1CCCCCC1)c1cccc(Cl)c1C. The molecule has 1 saturated heterocycles. The minimum Gasteiger partial charge on any atom is -0.341 e. The Morgan fingerprint density at radius 1 is 1.18 bits per heavy atom. The van der Waals surface area contributed by atoms with Crippen LogP contribution in [-0.2, 0) is 9.59 Å². The summed E-state index contributed by atoms with van der Waals surface area (Å²) in [6.07, 6.45) is 4.44. The van der Waals surface area contributed by atoms with E-state index in [0.29, 0.717) is 10.7 Å². The first-order valence-electron chi connectivity index (χ1n) is 7.81. The summed E-state index contributed by atoms with van der Waals surface area (Å²) in [5.41, 5.74) is 1.53. The van der Waals surface area contributed by atoms with Gasteiger partial charge in [0.2, 0.25) is 11.8 Å². The first kappa shape index (κ1) is 16.8. The van der Waals surface area contributed by atoms with Crippen LogP contribution in [0.15, 0.2) is 18.2 Å². The fourth-order valence-corrected chi connectivity index (χ4v) is 2.98. The molecule has 0 N–H and O–H groups in total. The van der Waals surface area contributed by atoms with Gasteiger partial charge in [-0.05, 0) is 37.5 Å². The van der Waals surface area contributed by atoms with E-state index in [1.807, 2.05) is 17.9 Å². The van der Waals surface area contributed by atoms with Gasteiger partial charge in [-0.2, -0.15) is 0 Å². The monoisotopic (exact) mass is 322 g/mol. The predicted molar refractivity (Wildman–Crippen MR) is 89.3 cm³/mol. The number of carbonyl (C=O) groups is 2. The molecule has 120 valence electrons. The molecule has 0 spiro atoms. The molecule has 0 aliphatic carbocycles. The Balaban J connectivity index is 2.16. The third-order valence-electron chi connectivity index (χ3n) is 4.16. The second kappa shape index (κ2) is 7.63. The van der Waals surface area contributed by atoms with Gasteiger partial charge in [0.1, 0.15) is 6.54 Å². The van der Waals surface area contributed by atoms with Crippen molar-refractivity contribution in [3.8, 4) is 0 Å². The Morgan fingerprint density at radius 2 is 1.82 bits per heavy atom. The van der Waals surface area contributed by atoms with Crippen LogP contribution in [-0.4, -0.2) is 36.3 Å². The fourth-order valence-electron chi connectivity index (χ4n) is 2.81. The molecule has 0 atom stereocenters. The summed E-state index contributed by atoms with van der Waals surface area (Å²) in [7, 11) is 0. The van der Waals surface area contributed by atoms with Crippen molar-refractivity contribution in [3.05, 3.63) is 28.8 Å². The van der Waals surface area contributed by atoms with Crippen molar-refractivity contribution in [1.82, 2.24) is 4.90 Å². The average Bonchev–Trinajstić information content (AvgIpc) is 2.76. The van der Waals surface area contributed by atoms with Gasteiger partial charge in [-0.1, -0.05) is 30.5 Å². The second-order valence-corrected chi connectivity index (χ2v) is 6.19. The Labute approximate surface area is 137 Å². The number of amides is 2. The third kappa shape index (κ3) is 4.01. The van der Waals surface area contributed by atoms with Crippen LogP contribution in [0.25, 0.3) is 0 Å². The number of hydrogen-bond acceptors (Lipinski definition) is 2. The zero-order valence-electron chi connectivity index (χ0n) is 13.3. The van der Waals surface area contributed by atoms with Gasteiger partial charge in [0.05, 0.1) is 0 Å². The lowest BCUT2D eigenvalue weighted by molar-refractivity contribution is -0.131. The molecule has 1 aliphatic heterocycles. The van der Waals surface area contributed by atoms with Gasteiger partial charge in [0.15, 0.2) is 0 Å². The Hall–Kier alpha value is -1.55. The van der Waals surface area contributed by atoms with E-state index in [1.54, 1.807) is 12.1 Å². The Bertz CT molecular complexity index is 552. The lowest BCUT2D eigenvalue weighted by Crippen LogP contribution is -2.43. The normalized spacial score (nSPS) is 15.3. The van der Waals surface area contributed by atoms with Crippen molar-refractivity contribution in [2.24, 2.45) is 0 Å². The summed E-state index contributed by atoms with van der Waals surface area (Å²) in [6, 6.07) is 5.42. The lowest BCUT2D eigenvalue weighted by Gasteiger charge is -2.27. The molecule has 2 rings (SSSR count). The summed E-state index contributed by atoms with van der Waals surface area (Å²) in [5, 5.41) is 0.603. The Morgan fingerprint density at radius 3 is 2.41 bits per heavy atom. The summed E-state index contributed by atoms with van der Waals surface area (Å²) < 4.78 is 0. The highest BCUT2D eigenvalue weighted by Gasteiger charge is 2.22. The number of carbonyl (C=O) groups excluding carboxylic acids is 2. The molecule has 1 aromatic rings. The van der Waals surface area contributed by atoms with Gasteiger partial charge in [0, 0.05) is 30.7 Å². The van der Waals surface area contributed by atoms with Gasteiger partial charge in [-0.3, -0.25) is 9.59 Å². The lowest BCUT2D eigenvalue weighted by atomic mass is 10.1. The zero-order chi connectivity index (χ0) is 16.1. The van der Waals surface area contributed by atoms with Gasteiger partial charge in [-0.25, -0.2) is 0 Å². The topological polar surface area (TPSA) is 40.6 Å². The van der Waals surface area contributed by atoms with Gasteiger partial charge in [-0.15, -0.1) is 0 Å². The summed E-state index contributed by atoms with van der Waals surface area (Å²) in [5.74, 6) is -0.134. The highest BCUT2D eigenvalue weighted by atomic mass is 35.5. The maximum Gasteiger partial charge on any atom is 0.242 e. The summed E-state index contributed by atoms with van der Waals surface area (Å²) in [6.45, 7) is 5.01. The number of hydrogen-bond donors (Lipinski definition) is 0. The Kier molecular flexibility index (Phi) is 5.83. The molecule has 0 aromatic heterocycles. The van der Waals surface area contributed by atoms with Crippen molar-refractivity contribution >= 4 is 29.1 Å². The molecule has 0 saturated carbocycles. The second-order valence-electron chi connectivity index (χ2n) is 5.78.